The number of H-pyrrole nitrogens is 1. The first kappa shape index (κ1) is 11.0. The van der Waals surface area contributed by atoms with Gasteiger partial charge in [-0.15, -0.1) is 10.2 Å². The predicted octanol–water partition coefficient (Wildman–Crippen LogP) is 1.53. The second-order valence-electron chi connectivity index (χ2n) is 4.33. The molecule has 0 spiro atoms. The fourth-order valence-electron chi connectivity index (χ4n) is 2.06. The summed E-state index contributed by atoms with van der Waals surface area (Å²) in [4.78, 5) is 0. The molecule has 0 atom stereocenters. The van der Waals surface area contributed by atoms with Crippen LogP contribution in [0.3, 0.4) is 0 Å². The van der Waals surface area contributed by atoms with Crippen LogP contribution in [0.1, 0.15) is 24.5 Å². The Morgan fingerprint density at radius 1 is 1.17 bits per heavy atom. The van der Waals surface area contributed by atoms with Crippen LogP contribution in [0.4, 0.5) is 0 Å². The first-order valence-electron chi connectivity index (χ1n) is 5.89. The zero-order valence-corrected chi connectivity index (χ0v) is 10.0. The van der Waals surface area contributed by atoms with E-state index in [0.717, 1.165) is 12.8 Å². The zero-order valence-electron chi connectivity index (χ0n) is 10.0. The molecule has 0 aliphatic heterocycles. The van der Waals surface area contributed by atoms with Gasteiger partial charge in [-0.1, -0.05) is 0 Å². The summed E-state index contributed by atoms with van der Waals surface area (Å²) in [6.45, 7) is 0. The third-order valence-corrected chi connectivity index (χ3v) is 3.17. The molecule has 1 saturated carbocycles. The smallest absolute Gasteiger partial charge is 0.233 e. The average molecular weight is 246 g/mol. The van der Waals surface area contributed by atoms with E-state index < -0.39 is 0 Å². The minimum Gasteiger partial charge on any atom is -0.480 e. The minimum atomic E-state index is 0.209. The quantitative estimate of drug-likeness (QED) is 0.885. The highest BCUT2D eigenvalue weighted by Crippen LogP contribution is 2.37. The molecule has 1 N–H and O–H groups in total. The lowest BCUT2D eigenvalue weighted by Gasteiger charge is -2.34. The average Bonchev–Trinajstić information content (AvgIpc) is 2.87. The van der Waals surface area contributed by atoms with Crippen molar-refractivity contribution < 1.29 is 9.47 Å². The van der Waals surface area contributed by atoms with Gasteiger partial charge >= 0.3 is 0 Å². The Morgan fingerprint density at radius 2 is 1.94 bits per heavy atom. The summed E-state index contributed by atoms with van der Waals surface area (Å²) in [6.07, 6.45) is 3.95. The van der Waals surface area contributed by atoms with Crippen LogP contribution in [0.15, 0.2) is 24.4 Å². The summed E-state index contributed by atoms with van der Waals surface area (Å²) < 4.78 is 10.7. The van der Waals surface area contributed by atoms with Crippen LogP contribution >= 0.6 is 0 Å². The van der Waals surface area contributed by atoms with E-state index in [0.29, 0.717) is 17.7 Å². The lowest BCUT2D eigenvalue weighted by atomic mass is 9.80. The van der Waals surface area contributed by atoms with Gasteiger partial charge in [0.05, 0.1) is 7.11 Å². The van der Waals surface area contributed by atoms with Gasteiger partial charge in [0, 0.05) is 29.9 Å². The standard InChI is InChI=1S/C12H14N4O2/c1-17-11-2-3-12(16-15-11)18-9-6-8(7-9)10-4-5-13-14-10/h2-5,8-9H,6-7H2,1H3,(H,13,14). The Bertz CT molecular complexity index is 491. The van der Waals surface area contributed by atoms with Gasteiger partial charge in [-0.05, 0) is 18.9 Å². The number of hydrogen-bond acceptors (Lipinski definition) is 5. The molecule has 2 aromatic rings. The third kappa shape index (κ3) is 2.13. The van der Waals surface area contributed by atoms with Gasteiger partial charge in [0.15, 0.2) is 0 Å². The van der Waals surface area contributed by atoms with E-state index in [4.69, 9.17) is 9.47 Å². The summed E-state index contributed by atoms with van der Waals surface area (Å²) in [5.74, 6) is 1.55. The zero-order chi connectivity index (χ0) is 12.4. The van der Waals surface area contributed by atoms with Crippen LogP contribution in [0.2, 0.25) is 0 Å². The number of nitrogens with zero attached hydrogens (tertiary/aromatic N) is 3. The molecule has 18 heavy (non-hydrogen) atoms. The Morgan fingerprint density at radius 3 is 2.56 bits per heavy atom. The molecule has 6 heteroatoms. The molecule has 0 aromatic carbocycles. The van der Waals surface area contributed by atoms with E-state index in [1.807, 2.05) is 6.07 Å². The van der Waals surface area contributed by atoms with Crippen molar-refractivity contribution in [2.45, 2.75) is 24.9 Å². The van der Waals surface area contributed by atoms with E-state index in [-0.39, 0.29) is 6.10 Å². The molecular weight excluding hydrogens is 232 g/mol. The van der Waals surface area contributed by atoms with Gasteiger partial charge in [-0.3, -0.25) is 5.10 Å². The van der Waals surface area contributed by atoms with Gasteiger partial charge in [0.25, 0.3) is 0 Å². The molecule has 1 aliphatic rings. The molecule has 0 unspecified atom stereocenters. The molecule has 0 saturated heterocycles. The predicted molar refractivity (Wildman–Crippen MR) is 63.6 cm³/mol. The summed E-state index contributed by atoms with van der Waals surface area (Å²) in [7, 11) is 1.56. The molecule has 6 nitrogen and oxygen atoms in total. The van der Waals surface area contributed by atoms with Gasteiger partial charge < -0.3 is 9.47 Å². The summed E-state index contributed by atoms with van der Waals surface area (Å²) in [5.41, 5.74) is 1.18. The Labute approximate surface area is 104 Å². The summed E-state index contributed by atoms with van der Waals surface area (Å²) in [6, 6.07) is 5.52. The second kappa shape index (κ2) is 4.64. The molecule has 2 heterocycles. The number of aromatic nitrogens is 4. The molecule has 0 amide bonds. The van der Waals surface area contributed by atoms with Crippen LogP contribution in [0.5, 0.6) is 11.8 Å². The number of hydrogen-bond donors (Lipinski definition) is 1. The van der Waals surface area contributed by atoms with Crippen LogP contribution in [0.25, 0.3) is 0 Å². The molecule has 0 radical (unpaired) electrons. The summed E-state index contributed by atoms with van der Waals surface area (Å²) >= 11 is 0. The van der Waals surface area contributed by atoms with Gasteiger partial charge in [-0.25, -0.2) is 0 Å². The van der Waals surface area contributed by atoms with Crippen LogP contribution in [-0.2, 0) is 0 Å². The lowest BCUT2D eigenvalue weighted by Crippen LogP contribution is -2.32. The van der Waals surface area contributed by atoms with E-state index in [1.54, 1.807) is 25.4 Å². The second-order valence-corrected chi connectivity index (χ2v) is 4.33. The first-order valence-corrected chi connectivity index (χ1v) is 5.89. The number of ether oxygens (including phenoxy) is 2. The van der Waals surface area contributed by atoms with Crippen LogP contribution in [0, 0.1) is 0 Å². The molecule has 0 bridgehead atoms. The molecule has 94 valence electrons. The fraction of sp³-hybridized carbons (Fsp3) is 0.417. The highest BCUT2D eigenvalue weighted by Gasteiger charge is 2.33. The lowest BCUT2D eigenvalue weighted by molar-refractivity contribution is 0.0906. The Hall–Kier alpha value is -2.11. The van der Waals surface area contributed by atoms with Crippen LogP contribution in [-0.4, -0.2) is 33.6 Å². The normalized spacial score (nSPS) is 22.3. The number of rotatable bonds is 4. The maximum atomic E-state index is 5.71. The molecule has 1 aliphatic carbocycles. The number of nitrogens with one attached hydrogen (secondary N) is 1. The number of aromatic amines is 1. The Kier molecular flexibility index (Phi) is 2.84. The monoisotopic (exact) mass is 246 g/mol. The van der Waals surface area contributed by atoms with E-state index in [1.165, 1.54) is 5.69 Å². The Balaban J connectivity index is 1.53. The fourth-order valence-corrected chi connectivity index (χ4v) is 2.06. The van der Waals surface area contributed by atoms with Gasteiger partial charge in [0.1, 0.15) is 6.10 Å². The maximum Gasteiger partial charge on any atom is 0.233 e. The molecule has 3 rings (SSSR count). The highest BCUT2D eigenvalue weighted by molar-refractivity contribution is 5.17. The molecule has 1 fully saturated rings. The highest BCUT2D eigenvalue weighted by atomic mass is 16.5. The van der Waals surface area contributed by atoms with Gasteiger partial charge in [0.2, 0.25) is 11.8 Å². The van der Waals surface area contributed by atoms with Crippen molar-refractivity contribution in [1.29, 1.82) is 0 Å². The molecular formula is C12H14N4O2. The number of methoxy groups -OCH3 is 1. The van der Waals surface area contributed by atoms with Crippen molar-refractivity contribution in [3.63, 3.8) is 0 Å². The van der Waals surface area contributed by atoms with Gasteiger partial charge in [-0.2, -0.15) is 5.10 Å². The topological polar surface area (TPSA) is 72.9 Å². The van der Waals surface area contributed by atoms with Crippen molar-refractivity contribution >= 4 is 0 Å². The first-order chi connectivity index (χ1) is 8.85. The minimum absolute atomic E-state index is 0.209. The van der Waals surface area contributed by atoms with Crippen molar-refractivity contribution in [1.82, 2.24) is 20.4 Å². The van der Waals surface area contributed by atoms with Crippen molar-refractivity contribution in [3.8, 4) is 11.8 Å². The third-order valence-electron chi connectivity index (χ3n) is 3.17. The van der Waals surface area contributed by atoms with E-state index in [9.17, 15) is 0 Å². The van der Waals surface area contributed by atoms with Crippen molar-refractivity contribution in [3.05, 3.63) is 30.1 Å². The maximum absolute atomic E-state index is 5.71. The molecule has 2 aromatic heterocycles. The van der Waals surface area contributed by atoms with E-state index in [2.05, 4.69) is 20.4 Å². The van der Waals surface area contributed by atoms with Crippen molar-refractivity contribution in [2.75, 3.05) is 7.11 Å². The van der Waals surface area contributed by atoms with Crippen LogP contribution < -0.4 is 9.47 Å². The summed E-state index contributed by atoms with van der Waals surface area (Å²) in [5, 5.41) is 14.7. The largest absolute Gasteiger partial charge is 0.480 e. The van der Waals surface area contributed by atoms with Crippen molar-refractivity contribution in [2.24, 2.45) is 0 Å². The van der Waals surface area contributed by atoms with E-state index >= 15 is 0 Å². The SMILES string of the molecule is COc1ccc(OC2CC(c3ccn[nH]3)C2)nn1.